The maximum atomic E-state index is 12.2. The summed E-state index contributed by atoms with van der Waals surface area (Å²) in [6.07, 6.45) is 1.64. The zero-order chi connectivity index (χ0) is 14.5. The summed E-state index contributed by atoms with van der Waals surface area (Å²) >= 11 is 1.09. The molecule has 2 aromatic rings. The summed E-state index contributed by atoms with van der Waals surface area (Å²) in [5.41, 5.74) is 7.56. The van der Waals surface area contributed by atoms with Gasteiger partial charge in [-0.2, -0.15) is 0 Å². The van der Waals surface area contributed by atoms with Gasteiger partial charge in [0.15, 0.2) is 0 Å². The van der Waals surface area contributed by atoms with Crippen LogP contribution in [0, 0.1) is 0 Å². The van der Waals surface area contributed by atoms with E-state index in [9.17, 15) is 4.79 Å². The Labute approximate surface area is 121 Å². The number of rotatable bonds is 5. The number of nitrogens with two attached hydrogens (primary N) is 1. The number of nitrogens with zero attached hydrogens (tertiary/aromatic N) is 2. The minimum absolute atomic E-state index is 0.247. The van der Waals surface area contributed by atoms with Crippen molar-refractivity contribution in [1.29, 1.82) is 0 Å². The maximum Gasteiger partial charge on any atom is 0.269 e. The lowest BCUT2D eigenvalue weighted by Gasteiger charge is -2.09. The van der Waals surface area contributed by atoms with Crippen LogP contribution in [-0.4, -0.2) is 22.6 Å². The highest BCUT2D eigenvalue weighted by Gasteiger charge is 2.16. The fourth-order valence-electron chi connectivity index (χ4n) is 1.73. The lowest BCUT2D eigenvalue weighted by Crippen LogP contribution is -2.13. The number of carbonyl (C=O) groups excluding carboxylic acids is 1. The summed E-state index contributed by atoms with van der Waals surface area (Å²) in [7, 11) is 1.56. The Balaban J connectivity index is 2.21. The van der Waals surface area contributed by atoms with Gasteiger partial charge in [0.25, 0.3) is 5.91 Å². The smallest absolute Gasteiger partial charge is 0.269 e. The molecule has 0 aliphatic carbocycles. The van der Waals surface area contributed by atoms with Gasteiger partial charge in [0.05, 0.1) is 24.2 Å². The molecule has 20 heavy (non-hydrogen) atoms. The number of nitrogens with one attached hydrogen (secondary N) is 1. The molecule has 3 N–H and O–H groups in total. The molecule has 0 radical (unpaired) electrons. The molecule has 2 rings (SSSR count). The number of anilines is 2. The number of benzene rings is 1. The van der Waals surface area contributed by atoms with Crippen molar-refractivity contribution < 1.29 is 9.53 Å². The molecule has 0 unspecified atom stereocenters. The van der Waals surface area contributed by atoms with Gasteiger partial charge >= 0.3 is 0 Å². The first-order valence-corrected chi connectivity index (χ1v) is 6.99. The Kier molecular flexibility index (Phi) is 4.52. The highest BCUT2D eigenvalue weighted by atomic mass is 32.1. The standard InChI is InChI=1S/C13H16N4O2S/c1-3-4-10-12(20-17-16-10)13(18)15-11-7-8(19-2)5-6-9(11)14/h5-7H,3-4,14H2,1-2H3,(H,15,18). The number of hydrogen-bond donors (Lipinski definition) is 2. The van der Waals surface area contributed by atoms with Crippen molar-refractivity contribution in [3.05, 3.63) is 28.8 Å². The molecule has 0 aliphatic heterocycles. The predicted molar refractivity (Wildman–Crippen MR) is 79.3 cm³/mol. The van der Waals surface area contributed by atoms with E-state index >= 15 is 0 Å². The number of amides is 1. The maximum absolute atomic E-state index is 12.2. The second-order valence-corrected chi connectivity index (χ2v) is 4.96. The lowest BCUT2D eigenvalue weighted by molar-refractivity contribution is 0.102. The van der Waals surface area contributed by atoms with Gasteiger partial charge in [0.2, 0.25) is 0 Å². The first-order valence-electron chi connectivity index (χ1n) is 6.21. The van der Waals surface area contributed by atoms with Crippen molar-refractivity contribution in [3.63, 3.8) is 0 Å². The second-order valence-electron chi connectivity index (χ2n) is 4.21. The first-order chi connectivity index (χ1) is 9.65. The predicted octanol–water partition coefficient (Wildman–Crippen LogP) is 2.33. The quantitative estimate of drug-likeness (QED) is 0.825. The second kappa shape index (κ2) is 6.33. The van der Waals surface area contributed by atoms with E-state index in [1.807, 2.05) is 6.92 Å². The fraction of sp³-hybridized carbons (Fsp3) is 0.308. The molecule has 106 valence electrons. The number of ether oxygens (including phenoxy) is 1. The van der Waals surface area contributed by atoms with Crippen molar-refractivity contribution in [2.75, 3.05) is 18.2 Å². The summed E-state index contributed by atoms with van der Waals surface area (Å²) in [5.74, 6) is 0.383. The third-order valence-corrected chi connectivity index (χ3v) is 3.52. The van der Waals surface area contributed by atoms with Gasteiger partial charge in [-0.3, -0.25) is 4.79 Å². The first kappa shape index (κ1) is 14.3. The molecule has 0 bridgehead atoms. The molecule has 0 aliphatic rings. The summed E-state index contributed by atoms with van der Waals surface area (Å²) in [5, 5.41) is 6.75. The van der Waals surface area contributed by atoms with Crippen LogP contribution in [0.5, 0.6) is 5.75 Å². The summed E-state index contributed by atoms with van der Waals surface area (Å²) in [4.78, 5) is 12.8. The van der Waals surface area contributed by atoms with Gasteiger partial charge in [0, 0.05) is 6.07 Å². The molecule has 1 heterocycles. The molecule has 0 fully saturated rings. The number of aryl methyl sites for hydroxylation is 1. The van der Waals surface area contributed by atoms with Gasteiger partial charge < -0.3 is 15.8 Å². The van der Waals surface area contributed by atoms with Gasteiger partial charge in [-0.05, 0) is 30.1 Å². The Morgan fingerprint density at radius 1 is 1.50 bits per heavy atom. The van der Waals surface area contributed by atoms with E-state index < -0.39 is 0 Å². The molecule has 7 heteroatoms. The lowest BCUT2D eigenvalue weighted by atomic mass is 10.2. The van der Waals surface area contributed by atoms with Crippen LogP contribution in [-0.2, 0) is 6.42 Å². The van der Waals surface area contributed by atoms with E-state index in [0.717, 1.165) is 30.1 Å². The number of methoxy groups -OCH3 is 1. The molecule has 1 aromatic heterocycles. The molecular weight excluding hydrogens is 276 g/mol. The van der Waals surface area contributed by atoms with Crippen molar-refractivity contribution in [2.45, 2.75) is 19.8 Å². The van der Waals surface area contributed by atoms with Crippen LogP contribution in [0.2, 0.25) is 0 Å². The highest BCUT2D eigenvalue weighted by molar-refractivity contribution is 7.08. The molecule has 0 saturated carbocycles. The monoisotopic (exact) mass is 292 g/mol. The number of hydrogen-bond acceptors (Lipinski definition) is 6. The zero-order valence-corrected chi connectivity index (χ0v) is 12.2. The average molecular weight is 292 g/mol. The molecule has 1 aromatic carbocycles. The topological polar surface area (TPSA) is 90.1 Å². The SMILES string of the molecule is CCCc1nnsc1C(=O)Nc1cc(OC)ccc1N. The van der Waals surface area contributed by atoms with Crippen LogP contribution in [0.25, 0.3) is 0 Å². The van der Waals surface area contributed by atoms with Crippen molar-refractivity contribution in [1.82, 2.24) is 9.59 Å². The Hall–Kier alpha value is -2.15. The van der Waals surface area contributed by atoms with E-state index in [4.69, 9.17) is 10.5 Å². The largest absolute Gasteiger partial charge is 0.497 e. The van der Waals surface area contributed by atoms with Crippen LogP contribution in [0.3, 0.4) is 0 Å². The van der Waals surface area contributed by atoms with E-state index in [1.165, 1.54) is 0 Å². The highest BCUT2D eigenvalue weighted by Crippen LogP contribution is 2.25. The third kappa shape index (κ3) is 3.05. The summed E-state index contributed by atoms with van der Waals surface area (Å²) in [6.45, 7) is 2.03. The summed E-state index contributed by atoms with van der Waals surface area (Å²) in [6, 6.07) is 5.11. The van der Waals surface area contributed by atoms with Crippen molar-refractivity contribution in [2.24, 2.45) is 0 Å². The molecule has 1 amide bonds. The van der Waals surface area contributed by atoms with Crippen LogP contribution in [0.15, 0.2) is 18.2 Å². The van der Waals surface area contributed by atoms with Gasteiger partial charge in [0.1, 0.15) is 10.6 Å². The van der Waals surface area contributed by atoms with Crippen molar-refractivity contribution in [3.8, 4) is 5.75 Å². The summed E-state index contributed by atoms with van der Waals surface area (Å²) < 4.78 is 8.95. The molecule has 0 saturated heterocycles. The Bertz CT molecular complexity index is 612. The van der Waals surface area contributed by atoms with Crippen LogP contribution in [0.1, 0.15) is 28.7 Å². The third-order valence-electron chi connectivity index (χ3n) is 2.76. The van der Waals surface area contributed by atoms with E-state index in [2.05, 4.69) is 14.9 Å². The van der Waals surface area contributed by atoms with Gasteiger partial charge in [-0.25, -0.2) is 0 Å². The van der Waals surface area contributed by atoms with E-state index in [-0.39, 0.29) is 5.91 Å². The Morgan fingerprint density at radius 2 is 2.30 bits per heavy atom. The number of nitrogen functional groups attached to an aromatic ring is 1. The zero-order valence-electron chi connectivity index (χ0n) is 11.3. The molecule has 0 atom stereocenters. The normalized spacial score (nSPS) is 10.3. The Morgan fingerprint density at radius 3 is 3.00 bits per heavy atom. The van der Waals surface area contributed by atoms with Gasteiger partial charge in [-0.15, -0.1) is 5.10 Å². The molecule has 6 nitrogen and oxygen atoms in total. The van der Waals surface area contributed by atoms with Crippen molar-refractivity contribution >= 4 is 28.8 Å². The van der Waals surface area contributed by atoms with Crippen LogP contribution >= 0.6 is 11.5 Å². The molecular formula is C13H16N4O2S. The van der Waals surface area contributed by atoms with Gasteiger partial charge in [-0.1, -0.05) is 17.8 Å². The molecule has 0 spiro atoms. The fourth-order valence-corrected chi connectivity index (χ4v) is 2.33. The van der Waals surface area contributed by atoms with E-state index in [0.29, 0.717) is 22.0 Å². The minimum atomic E-state index is -0.247. The van der Waals surface area contributed by atoms with Crippen LogP contribution in [0.4, 0.5) is 11.4 Å². The minimum Gasteiger partial charge on any atom is -0.497 e. The average Bonchev–Trinajstić information content (AvgIpc) is 2.90. The number of carbonyl (C=O) groups is 1. The number of aromatic nitrogens is 2. The van der Waals surface area contributed by atoms with E-state index in [1.54, 1.807) is 25.3 Å². The van der Waals surface area contributed by atoms with Crippen LogP contribution < -0.4 is 15.8 Å².